The molecule has 1 aromatic carbocycles. The van der Waals surface area contributed by atoms with Gasteiger partial charge in [0.15, 0.2) is 6.61 Å². The molecule has 0 heterocycles. The number of rotatable bonds is 9. The molecule has 1 unspecified atom stereocenters. The van der Waals surface area contributed by atoms with Crippen molar-refractivity contribution in [3.8, 4) is 11.5 Å². The summed E-state index contributed by atoms with van der Waals surface area (Å²) in [6.45, 7) is 6.09. The van der Waals surface area contributed by atoms with E-state index in [-0.39, 0.29) is 6.61 Å². The summed E-state index contributed by atoms with van der Waals surface area (Å²) >= 11 is 0. The van der Waals surface area contributed by atoms with Crippen molar-refractivity contribution in [3.05, 3.63) is 24.3 Å². The molecule has 1 atom stereocenters. The second kappa shape index (κ2) is 8.92. The van der Waals surface area contributed by atoms with Gasteiger partial charge in [-0.3, -0.25) is 9.59 Å². The number of carboxylic acids is 1. The van der Waals surface area contributed by atoms with Crippen molar-refractivity contribution in [3.63, 3.8) is 0 Å². The van der Waals surface area contributed by atoms with Crippen LogP contribution in [0.4, 0.5) is 0 Å². The molecule has 1 amide bonds. The van der Waals surface area contributed by atoms with E-state index in [0.29, 0.717) is 18.3 Å². The largest absolute Gasteiger partial charge is 0.494 e. The zero-order valence-electron chi connectivity index (χ0n) is 13.2. The number of ether oxygens (including phenoxy) is 2. The van der Waals surface area contributed by atoms with Crippen LogP contribution in [-0.4, -0.2) is 36.2 Å². The average molecular weight is 309 g/mol. The van der Waals surface area contributed by atoms with E-state index >= 15 is 0 Å². The van der Waals surface area contributed by atoms with Gasteiger partial charge >= 0.3 is 5.97 Å². The van der Waals surface area contributed by atoms with Crippen molar-refractivity contribution in [1.82, 2.24) is 5.32 Å². The number of carbonyl (C=O) groups is 2. The van der Waals surface area contributed by atoms with Crippen molar-refractivity contribution in [2.24, 2.45) is 5.92 Å². The standard InChI is InChI=1S/C16H23NO5/c1-11(2)8-9-21-13-4-6-14(7-5-13)22-10-15(18)17-12(3)16(19)20/h4-7,11-12H,8-10H2,1-3H3,(H,17,18)(H,19,20). The first-order chi connectivity index (χ1) is 10.4. The zero-order chi connectivity index (χ0) is 16.5. The predicted molar refractivity (Wildman–Crippen MR) is 82.1 cm³/mol. The van der Waals surface area contributed by atoms with Crippen LogP contribution < -0.4 is 14.8 Å². The highest BCUT2D eigenvalue weighted by atomic mass is 16.5. The molecular formula is C16H23NO5. The van der Waals surface area contributed by atoms with Crippen LogP contribution in [0.2, 0.25) is 0 Å². The molecule has 0 fully saturated rings. The quantitative estimate of drug-likeness (QED) is 0.729. The van der Waals surface area contributed by atoms with E-state index in [4.69, 9.17) is 14.6 Å². The third-order valence-corrected chi connectivity index (χ3v) is 2.91. The minimum absolute atomic E-state index is 0.231. The van der Waals surface area contributed by atoms with Crippen molar-refractivity contribution >= 4 is 11.9 Å². The van der Waals surface area contributed by atoms with Gasteiger partial charge in [0.25, 0.3) is 5.91 Å². The SMILES string of the molecule is CC(C)CCOc1ccc(OCC(=O)NC(C)C(=O)O)cc1. The first kappa shape index (κ1) is 17.8. The summed E-state index contributed by atoms with van der Waals surface area (Å²) in [4.78, 5) is 22.1. The predicted octanol–water partition coefficient (Wildman–Crippen LogP) is 2.08. The fourth-order valence-electron chi connectivity index (χ4n) is 1.54. The molecule has 0 radical (unpaired) electrons. The third kappa shape index (κ3) is 6.97. The Balaban J connectivity index is 2.35. The summed E-state index contributed by atoms with van der Waals surface area (Å²) in [6, 6.07) is 6.02. The fourth-order valence-corrected chi connectivity index (χ4v) is 1.54. The van der Waals surface area contributed by atoms with Crippen molar-refractivity contribution < 1.29 is 24.2 Å². The summed E-state index contributed by atoms with van der Waals surface area (Å²) in [5, 5.41) is 11.0. The topological polar surface area (TPSA) is 84.9 Å². The van der Waals surface area contributed by atoms with Gasteiger partial charge in [-0.2, -0.15) is 0 Å². The average Bonchev–Trinajstić information content (AvgIpc) is 2.46. The maximum Gasteiger partial charge on any atom is 0.325 e. The summed E-state index contributed by atoms with van der Waals surface area (Å²) in [7, 11) is 0. The third-order valence-electron chi connectivity index (χ3n) is 2.91. The minimum atomic E-state index is -1.09. The van der Waals surface area contributed by atoms with Crippen LogP contribution in [-0.2, 0) is 9.59 Å². The Morgan fingerprint density at radius 1 is 1.09 bits per heavy atom. The maximum atomic E-state index is 11.5. The van der Waals surface area contributed by atoms with Crippen LogP contribution >= 0.6 is 0 Å². The molecular weight excluding hydrogens is 286 g/mol. The van der Waals surface area contributed by atoms with E-state index in [1.807, 2.05) is 0 Å². The van der Waals surface area contributed by atoms with E-state index in [2.05, 4.69) is 19.2 Å². The molecule has 0 aliphatic carbocycles. The van der Waals surface area contributed by atoms with Gasteiger partial charge in [0.1, 0.15) is 17.5 Å². The van der Waals surface area contributed by atoms with E-state index in [0.717, 1.165) is 12.2 Å². The van der Waals surface area contributed by atoms with Crippen molar-refractivity contribution in [1.29, 1.82) is 0 Å². The minimum Gasteiger partial charge on any atom is -0.494 e. The van der Waals surface area contributed by atoms with Gasteiger partial charge in [-0.1, -0.05) is 13.8 Å². The highest BCUT2D eigenvalue weighted by Gasteiger charge is 2.14. The van der Waals surface area contributed by atoms with E-state index in [1.165, 1.54) is 6.92 Å². The summed E-state index contributed by atoms with van der Waals surface area (Å²) in [6.07, 6.45) is 0.986. The molecule has 2 N–H and O–H groups in total. The Kier molecular flexibility index (Phi) is 7.22. The van der Waals surface area contributed by atoms with E-state index in [1.54, 1.807) is 24.3 Å². The van der Waals surface area contributed by atoms with Gasteiger partial charge < -0.3 is 19.9 Å². The molecule has 0 saturated carbocycles. The molecule has 1 aromatic rings. The number of benzene rings is 1. The maximum absolute atomic E-state index is 11.5. The summed E-state index contributed by atoms with van der Waals surface area (Å²) in [5.41, 5.74) is 0. The Bertz CT molecular complexity index is 484. The number of hydrogen-bond donors (Lipinski definition) is 2. The van der Waals surface area contributed by atoms with Crippen LogP contribution in [0.25, 0.3) is 0 Å². The first-order valence-corrected chi connectivity index (χ1v) is 7.26. The van der Waals surface area contributed by atoms with Crippen LogP contribution in [0, 0.1) is 5.92 Å². The molecule has 0 spiro atoms. The fraction of sp³-hybridized carbons (Fsp3) is 0.500. The second-order valence-corrected chi connectivity index (χ2v) is 5.42. The van der Waals surface area contributed by atoms with Gasteiger partial charge in [0.05, 0.1) is 6.61 Å². The highest BCUT2D eigenvalue weighted by Crippen LogP contribution is 2.18. The Morgan fingerprint density at radius 3 is 2.14 bits per heavy atom. The lowest BCUT2D eigenvalue weighted by atomic mass is 10.1. The van der Waals surface area contributed by atoms with Crippen LogP contribution in [0.1, 0.15) is 27.2 Å². The molecule has 1 rings (SSSR count). The summed E-state index contributed by atoms with van der Waals surface area (Å²) < 4.78 is 10.9. The lowest BCUT2D eigenvalue weighted by Crippen LogP contribution is -2.40. The van der Waals surface area contributed by atoms with E-state index in [9.17, 15) is 9.59 Å². The molecule has 6 nitrogen and oxygen atoms in total. The van der Waals surface area contributed by atoms with Gasteiger partial charge in [0.2, 0.25) is 0 Å². The molecule has 22 heavy (non-hydrogen) atoms. The van der Waals surface area contributed by atoms with Crippen LogP contribution in [0.15, 0.2) is 24.3 Å². The van der Waals surface area contributed by atoms with Gasteiger partial charge in [-0.05, 0) is 43.5 Å². The highest BCUT2D eigenvalue weighted by molar-refractivity contribution is 5.84. The van der Waals surface area contributed by atoms with Crippen molar-refractivity contribution in [2.75, 3.05) is 13.2 Å². The Morgan fingerprint density at radius 2 is 1.64 bits per heavy atom. The molecule has 0 saturated heterocycles. The molecule has 0 aromatic heterocycles. The number of amides is 1. The van der Waals surface area contributed by atoms with Gasteiger partial charge in [-0.25, -0.2) is 0 Å². The van der Waals surface area contributed by atoms with Crippen LogP contribution in [0.5, 0.6) is 11.5 Å². The first-order valence-electron chi connectivity index (χ1n) is 7.26. The molecule has 0 aliphatic heterocycles. The lowest BCUT2D eigenvalue weighted by molar-refractivity contribution is -0.141. The number of nitrogens with one attached hydrogen (secondary N) is 1. The van der Waals surface area contributed by atoms with Gasteiger partial charge in [-0.15, -0.1) is 0 Å². The van der Waals surface area contributed by atoms with Gasteiger partial charge in [0, 0.05) is 0 Å². The molecule has 6 heteroatoms. The lowest BCUT2D eigenvalue weighted by Gasteiger charge is -2.11. The number of carbonyl (C=O) groups excluding carboxylic acids is 1. The normalized spacial score (nSPS) is 11.8. The monoisotopic (exact) mass is 309 g/mol. The second-order valence-electron chi connectivity index (χ2n) is 5.42. The smallest absolute Gasteiger partial charge is 0.325 e. The van der Waals surface area contributed by atoms with Crippen molar-refractivity contribution in [2.45, 2.75) is 33.2 Å². The number of hydrogen-bond acceptors (Lipinski definition) is 4. The zero-order valence-corrected chi connectivity index (χ0v) is 13.2. The number of carboxylic acid groups (broad SMARTS) is 1. The molecule has 0 aliphatic rings. The van der Waals surface area contributed by atoms with Crippen LogP contribution in [0.3, 0.4) is 0 Å². The van der Waals surface area contributed by atoms with E-state index < -0.39 is 17.9 Å². The molecule has 122 valence electrons. The Labute approximate surface area is 130 Å². The number of aliphatic carboxylic acids is 1. The summed E-state index contributed by atoms with van der Waals surface area (Å²) in [5.74, 6) is 0.295. The molecule has 0 bridgehead atoms. The Hall–Kier alpha value is -2.24.